The summed E-state index contributed by atoms with van der Waals surface area (Å²) in [6.45, 7) is 0.827. The van der Waals surface area contributed by atoms with Crippen LogP contribution in [0.3, 0.4) is 0 Å². The van der Waals surface area contributed by atoms with E-state index in [9.17, 15) is 44.2 Å². The molecule has 3 rings (SSSR count). The van der Waals surface area contributed by atoms with Crippen LogP contribution < -0.4 is 4.74 Å². The van der Waals surface area contributed by atoms with E-state index in [0.29, 0.717) is 17.3 Å². The summed E-state index contributed by atoms with van der Waals surface area (Å²) in [6, 6.07) is 5.98. The fourth-order valence-corrected chi connectivity index (χ4v) is 4.92. The van der Waals surface area contributed by atoms with Gasteiger partial charge in [-0.3, -0.25) is 4.55 Å². The van der Waals surface area contributed by atoms with E-state index in [1.165, 1.54) is 31.2 Å². The Bertz CT molecular complexity index is 1020. The Morgan fingerprint density at radius 2 is 1.57 bits per heavy atom. The molecule has 0 radical (unpaired) electrons. The molecule has 1 aromatic rings. The number of ether oxygens (including phenoxy) is 3. The van der Waals surface area contributed by atoms with Gasteiger partial charge in [-0.1, -0.05) is 29.1 Å². The molecule has 2 aliphatic heterocycles. The summed E-state index contributed by atoms with van der Waals surface area (Å²) < 4.78 is 51.3. The van der Waals surface area contributed by atoms with Crippen LogP contribution in [0.15, 0.2) is 29.4 Å². The molecule has 15 nitrogen and oxygen atoms in total. The first-order valence-corrected chi connectivity index (χ1v) is 13.2. The lowest BCUT2D eigenvalue weighted by atomic mass is 10.00. The fourth-order valence-electron chi connectivity index (χ4n) is 3.59. The normalized spacial score (nSPS) is 37.3. The standard InChI is InChI=1S/C20H29NO14S2/c1-8-13(23)15(25)17(27)19(32-8)33-10-4-2-9(3-5-10)6-12(21-35-37(29,30)31)36-20-18(28)16(26)14(24)11(7-22)34-20/h2-5,8,11,13-20,22-28H,6-7H2,1H3,(H,29,30,31)/b21-12-/t8-,11-,13-,14-,15+,16+,17+,18-,19-,20+/m1/s1. The van der Waals surface area contributed by atoms with Crippen molar-refractivity contribution < 1.29 is 67.2 Å². The van der Waals surface area contributed by atoms with Crippen molar-refractivity contribution in [2.75, 3.05) is 6.61 Å². The zero-order valence-corrected chi connectivity index (χ0v) is 20.9. The summed E-state index contributed by atoms with van der Waals surface area (Å²) in [5, 5.41) is 72.5. The van der Waals surface area contributed by atoms with Gasteiger partial charge >= 0.3 is 10.4 Å². The van der Waals surface area contributed by atoms with E-state index in [2.05, 4.69) is 9.44 Å². The zero-order chi connectivity index (χ0) is 27.5. The van der Waals surface area contributed by atoms with Crippen molar-refractivity contribution in [3.05, 3.63) is 29.8 Å². The van der Waals surface area contributed by atoms with Gasteiger partial charge in [0.2, 0.25) is 6.29 Å². The molecule has 2 saturated heterocycles. The lowest BCUT2D eigenvalue weighted by Crippen LogP contribution is -2.58. The highest BCUT2D eigenvalue weighted by Crippen LogP contribution is 2.31. The third-order valence-electron chi connectivity index (χ3n) is 5.67. The molecule has 0 amide bonds. The molecular weight excluding hydrogens is 542 g/mol. The summed E-state index contributed by atoms with van der Waals surface area (Å²) >= 11 is 0.627. The smallest absolute Gasteiger partial charge is 0.462 e. The maximum Gasteiger partial charge on any atom is 0.466 e. The number of hydrogen-bond acceptors (Lipinski definition) is 15. The minimum Gasteiger partial charge on any atom is -0.462 e. The predicted molar refractivity (Wildman–Crippen MR) is 125 cm³/mol. The maximum absolute atomic E-state index is 11.0. The van der Waals surface area contributed by atoms with E-state index in [4.69, 9.17) is 18.8 Å². The van der Waals surface area contributed by atoms with E-state index in [0.717, 1.165) is 0 Å². The van der Waals surface area contributed by atoms with Crippen LogP contribution in [0.5, 0.6) is 5.75 Å². The molecule has 17 heteroatoms. The zero-order valence-electron chi connectivity index (χ0n) is 19.3. The van der Waals surface area contributed by atoms with Gasteiger partial charge in [-0.2, -0.15) is 8.42 Å². The minimum absolute atomic E-state index is 0.125. The number of thioether (sulfide) groups is 1. The van der Waals surface area contributed by atoms with Crippen molar-refractivity contribution in [3.8, 4) is 5.75 Å². The third-order valence-corrected chi connectivity index (χ3v) is 7.05. The van der Waals surface area contributed by atoms with Crippen LogP contribution in [-0.4, -0.2) is 121 Å². The second kappa shape index (κ2) is 12.5. The first-order valence-electron chi connectivity index (χ1n) is 11.0. The molecule has 8 N–H and O–H groups in total. The molecule has 0 unspecified atom stereocenters. The number of nitrogens with zero attached hydrogens (tertiary/aromatic N) is 1. The molecule has 2 heterocycles. The van der Waals surface area contributed by atoms with Gasteiger partial charge in [0.05, 0.1) is 12.7 Å². The average Bonchev–Trinajstić information content (AvgIpc) is 2.85. The van der Waals surface area contributed by atoms with E-state index in [1.807, 2.05) is 0 Å². The van der Waals surface area contributed by atoms with Crippen LogP contribution in [0.2, 0.25) is 0 Å². The molecule has 210 valence electrons. The Kier molecular flexibility index (Phi) is 10.1. The van der Waals surface area contributed by atoms with Crippen molar-refractivity contribution >= 4 is 27.2 Å². The maximum atomic E-state index is 11.0. The van der Waals surface area contributed by atoms with Gasteiger partial charge in [-0.25, -0.2) is 4.28 Å². The molecule has 0 spiro atoms. The second-order valence-electron chi connectivity index (χ2n) is 8.42. The Labute approximate surface area is 215 Å². The summed E-state index contributed by atoms with van der Waals surface area (Å²) in [6.07, 6.45) is -12.6. The topological polar surface area (TPSA) is 245 Å². The second-order valence-corrected chi connectivity index (χ2v) is 10.6. The first kappa shape index (κ1) is 29.9. The van der Waals surface area contributed by atoms with Crippen molar-refractivity contribution in [3.63, 3.8) is 0 Å². The molecule has 0 aliphatic carbocycles. The molecule has 2 aliphatic rings. The number of rotatable bonds is 8. The number of hydrogen-bond donors (Lipinski definition) is 8. The molecule has 10 atom stereocenters. The summed E-state index contributed by atoms with van der Waals surface area (Å²) in [7, 11) is -4.97. The molecule has 1 aromatic carbocycles. The predicted octanol–water partition coefficient (Wildman–Crippen LogP) is -2.90. The van der Waals surface area contributed by atoms with Crippen LogP contribution in [-0.2, 0) is 30.6 Å². The Hall–Kier alpha value is -1.61. The highest BCUT2D eigenvalue weighted by Gasteiger charge is 2.45. The molecule has 0 bridgehead atoms. The third kappa shape index (κ3) is 7.71. The minimum atomic E-state index is -4.97. The van der Waals surface area contributed by atoms with Gasteiger partial charge in [-0.05, 0) is 24.6 Å². The highest BCUT2D eigenvalue weighted by atomic mass is 32.3. The molecule has 37 heavy (non-hydrogen) atoms. The largest absolute Gasteiger partial charge is 0.466 e. The summed E-state index contributed by atoms with van der Waals surface area (Å²) in [5.41, 5.74) is -0.799. The van der Waals surface area contributed by atoms with Gasteiger partial charge in [0, 0.05) is 6.42 Å². The molecule has 0 aromatic heterocycles. The first-order chi connectivity index (χ1) is 17.3. The summed E-state index contributed by atoms with van der Waals surface area (Å²) in [5.74, 6) is 0.220. The van der Waals surface area contributed by atoms with Crippen molar-refractivity contribution in [1.29, 1.82) is 0 Å². The van der Waals surface area contributed by atoms with Crippen LogP contribution in [0.1, 0.15) is 12.5 Å². The van der Waals surface area contributed by atoms with E-state index < -0.39 is 77.6 Å². The van der Waals surface area contributed by atoms with Gasteiger partial charge in [0.15, 0.2) is 0 Å². The Morgan fingerprint density at radius 3 is 2.16 bits per heavy atom. The van der Waals surface area contributed by atoms with Crippen LogP contribution in [0.25, 0.3) is 0 Å². The number of benzene rings is 1. The number of oxime groups is 1. The summed E-state index contributed by atoms with van der Waals surface area (Å²) in [4.78, 5) is 0. The highest BCUT2D eigenvalue weighted by molar-refractivity contribution is 8.14. The fraction of sp³-hybridized carbons (Fsp3) is 0.650. The van der Waals surface area contributed by atoms with Crippen molar-refractivity contribution in [2.45, 2.75) is 73.9 Å². The SMILES string of the molecule is C[C@H]1O[C@H](Oc2ccc(C/C(=N/OS(=O)(=O)O)S[C@@H]3O[C@H](CO)[C@@H](O)[C@H](O)[C@H]3O)cc2)[C@@H](O)[C@@H](O)[C@@H]1O. The van der Waals surface area contributed by atoms with Crippen molar-refractivity contribution in [2.24, 2.45) is 5.16 Å². The van der Waals surface area contributed by atoms with Gasteiger partial charge in [0.1, 0.15) is 59.0 Å². The van der Waals surface area contributed by atoms with E-state index in [1.54, 1.807) is 0 Å². The van der Waals surface area contributed by atoms with Gasteiger partial charge < -0.3 is 50.0 Å². The van der Waals surface area contributed by atoms with E-state index >= 15 is 0 Å². The quantitative estimate of drug-likeness (QED) is 0.0675. The Morgan fingerprint density at radius 1 is 0.946 bits per heavy atom. The number of aliphatic hydroxyl groups excluding tert-OH is 7. The van der Waals surface area contributed by atoms with Crippen LogP contribution >= 0.6 is 11.8 Å². The Balaban J connectivity index is 1.72. The van der Waals surface area contributed by atoms with Gasteiger partial charge in [-0.15, -0.1) is 0 Å². The monoisotopic (exact) mass is 571 g/mol. The number of aliphatic hydroxyl groups is 7. The molecule has 2 fully saturated rings. The van der Waals surface area contributed by atoms with Crippen molar-refractivity contribution in [1.82, 2.24) is 0 Å². The van der Waals surface area contributed by atoms with Gasteiger partial charge in [0.25, 0.3) is 0 Å². The molecule has 0 saturated carbocycles. The van der Waals surface area contributed by atoms with E-state index in [-0.39, 0.29) is 17.2 Å². The lowest BCUT2D eigenvalue weighted by Gasteiger charge is -2.39. The average molecular weight is 572 g/mol. The van der Waals surface area contributed by atoms with Crippen LogP contribution in [0, 0.1) is 0 Å². The molecular formula is C20H29NO14S2. The lowest BCUT2D eigenvalue weighted by molar-refractivity contribution is -0.268. The van der Waals surface area contributed by atoms with Crippen LogP contribution in [0.4, 0.5) is 0 Å².